The van der Waals surface area contributed by atoms with Gasteiger partial charge in [0.05, 0.1) is 16.4 Å². The van der Waals surface area contributed by atoms with Gasteiger partial charge in [0.15, 0.2) is 0 Å². The van der Waals surface area contributed by atoms with E-state index in [0.717, 1.165) is 68.6 Å². The number of hydrogen-bond donors (Lipinski definition) is 2. The molecule has 1 amide bonds. The number of hydrogen-bond acceptors (Lipinski definition) is 6. The van der Waals surface area contributed by atoms with Crippen molar-refractivity contribution in [2.75, 3.05) is 31.9 Å². The monoisotopic (exact) mass is 574 g/mol. The third-order valence-corrected chi connectivity index (χ3v) is 9.87. The number of carbonyl (C=O) groups is 1. The zero-order chi connectivity index (χ0) is 27.7. The number of thiocarbonyl (C=S) groups is 1. The molecule has 3 aliphatic rings. The number of thioether (sulfide) groups is 1. The molecule has 1 aromatic carbocycles. The Balaban J connectivity index is 1.29. The van der Waals surface area contributed by atoms with Gasteiger partial charge < -0.3 is 15.4 Å². The van der Waals surface area contributed by atoms with Gasteiger partial charge in [-0.1, -0.05) is 74.7 Å². The molecule has 0 bridgehead atoms. The van der Waals surface area contributed by atoms with Crippen LogP contribution < -0.4 is 10.6 Å². The molecule has 2 N–H and O–H groups in total. The van der Waals surface area contributed by atoms with Crippen LogP contribution in [0.25, 0.3) is 0 Å². The number of benzene rings is 1. The molecular weight excluding hydrogens is 525 g/mol. The minimum atomic E-state index is -0.479. The van der Waals surface area contributed by atoms with Crippen LogP contribution in [-0.4, -0.2) is 75.9 Å². The van der Waals surface area contributed by atoms with Crippen molar-refractivity contribution < 1.29 is 9.53 Å². The number of nitrogens with one attached hydrogen (secondary N) is 2. The van der Waals surface area contributed by atoms with Crippen LogP contribution in [-0.2, 0) is 11.3 Å². The normalized spacial score (nSPS) is 22.5. The zero-order valence-corrected chi connectivity index (χ0v) is 26.0. The van der Waals surface area contributed by atoms with Gasteiger partial charge in [0, 0.05) is 44.5 Å². The highest BCUT2D eigenvalue weighted by Crippen LogP contribution is 2.29. The van der Waals surface area contributed by atoms with E-state index in [1.807, 2.05) is 37.4 Å². The lowest BCUT2D eigenvalue weighted by Crippen LogP contribution is -2.52. The molecule has 1 saturated carbocycles. The first kappa shape index (κ1) is 30.6. The molecule has 2 saturated heterocycles. The first-order valence-corrected chi connectivity index (χ1v) is 16.6. The van der Waals surface area contributed by atoms with Crippen molar-refractivity contribution in [3.05, 3.63) is 35.9 Å². The molecule has 2 atom stereocenters. The molecule has 0 radical (unpaired) electrons. The second-order valence-electron chi connectivity index (χ2n) is 12.6. The van der Waals surface area contributed by atoms with Crippen LogP contribution in [0.5, 0.6) is 0 Å². The van der Waals surface area contributed by atoms with Crippen LogP contribution in [0.3, 0.4) is 0 Å². The second kappa shape index (κ2) is 15.0. The van der Waals surface area contributed by atoms with Gasteiger partial charge in [0.25, 0.3) is 0 Å². The van der Waals surface area contributed by atoms with Crippen LogP contribution in [0.1, 0.15) is 84.1 Å². The molecular formula is C31H50N4O2S2. The topological polar surface area (TPSA) is 56.8 Å². The minimum Gasteiger partial charge on any atom is -0.444 e. The number of amides is 1. The second-order valence-corrected chi connectivity index (χ2v) is 14.3. The number of ether oxygens (including phenoxy) is 1. The number of carbonyl (C=O) groups excluding carboxylic acids is 1. The van der Waals surface area contributed by atoms with Gasteiger partial charge in [0.1, 0.15) is 5.60 Å². The fourth-order valence-corrected chi connectivity index (χ4v) is 7.57. The lowest BCUT2D eigenvalue weighted by atomic mass is 9.85. The molecule has 1 unspecified atom stereocenters. The minimum absolute atomic E-state index is 0.0843. The summed E-state index contributed by atoms with van der Waals surface area (Å²) < 4.78 is 5.68. The Kier molecular flexibility index (Phi) is 11.8. The maximum Gasteiger partial charge on any atom is 0.411 e. The first-order chi connectivity index (χ1) is 18.8. The molecule has 218 valence electrons. The molecule has 1 aliphatic carbocycles. The van der Waals surface area contributed by atoms with Crippen LogP contribution in [0.15, 0.2) is 30.3 Å². The van der Waals surface area contributed by atoms with Gasteiger partial charge in [-0.3, -0.25) is 9.80 Å². The quantitative estimate of drug-likeness (QED) is 0.323. The predicted molar refractivity (Wildman–Crippen MR) is 167 cm³/mol. The van der Waals surface area contributed by atoms with Crippen molar-refractivity contribution in [2.24, 2.45) is 5.92 Å². The molecule has 3 fully saturated rings. The average Bonchev–Trinajstić information content (AvgIpc) is 3.39. The summed E-state index contributed by atoms with van der Waals surface area (Å²) in [7, 11) is 0. The Labute approximate surface area is 246 Å². The summed E-state index contributed by atoms with van der Waals surface area (Å²) in [6.07, 6.45) is 11.2. The molecule has 0 aromatic heterocycles. The molecule has 8 heteroatoms. The standard InChI is InChI=1S/C31H50N4O2S2/c1-31(2,3)37-30(36)35-20-21-39-28(35)22-32-27(15-14-24-10-6-4-7-11-24)29(38)33-26-16-18-34(19-17-26)23-25-12-8-5-9-13-25/h5,8-9,12-13,24,26-28,32H,4,6-7,10-11,14-23H2,1-3H3,(H,33,38)/t27-,28?/m1/s1. The van der Waals surface area contributed by atoms with Crippen molar-refractivity contribution >= 4 is 35.1 Å². The van der Waals surface area contributed by atoms with E-state index in [9.17, 15) is 4.79 Å². The molecule has 2 aliphatic heterocycles. The van der Waals surface area contributed by atoms with Gasteiger partial charge in [-0.2, -0.15) is 0 Å². The Bertz CT molecular complexity index is 896. The summed E-state index contributed by atoms with van der Waals surface area (Å²) in [4.78, 5) is 18.2. The summed E-state index contributed by atoms with van der Waals surface area (Å²) in [5, 5.41) is 7.64. The molecule has 6 nitrogen and oxygen atoms in total. The fourth-order valence-electron chi connectivity index (χ4n) is 6.05. The van der Waals surface area contributed by atoms with E-state index in [4.69, 9.17) is 17.0 Å². The summed E-state index contributed by atoms with van der Waals surface area (Å²) >= 11 is 7.89. The Morgan fingerprint density at radius 1 is 1.08 bits per heavy atom. The number of piperidine rings is 1. The highest BCUT2D eigenvalue weighted by atomic mass is 32.2. The van der Waals surface area contributed by atoms with E-state index < -0.39 is 5.60 Å². The molecule has 1 aromatic rings. The highest BCUT2D eigenvalue weighted by molar-refractivity contribution is 8.00. The van der Waals surface area contributed by atoms with E-state index in [-0.39, 0.29) is 17.5 Å². The van der Waals surface area contributed by atoms with Gasteiger partial charge in [-0.05, 0) is 57.9 Å². The van der Waals surface area contributed by atoms with E-state index >= 15 is 0 Å². The van der Waals surface area contributed by atoms with Gasteiger partial charge in [0.2, 0.25) is 0 Å². The Morgan fingerprint density at radius 2 is 1.79 bits per heavy atom. The summed E-state index contributed by atoms with van der Waals surface area (Å²) in [5.41, 5.74) is 0.907. The van der Waals surface area contributed by atoms with Gasteiger partial charge in [-0.25, -0.2) is 4.79 Å². The molecule has 0 spiro atoms. The van der Waals surface area contributed by atoms with Crippen LogP contribution in [0, 0.1) is 5.92 Å². The number of rotatable bonds is 10. The van der Waals surface area contributed by atoms with Crippen LogP contribution in [0.2, 0.25) is 0 Å². The Morgan fingerprint density at radius 3 is 2.49 bits per heavy atom. The van der Waals surface area contributed by atoms with E-state index in [2.05, 4.69) is 45.9 Å². The van der Waals surface area contributed by atoms with Crippen molar-refractivity contribution in [3.63, 3.8) is 0 Å². The van der Waals surface area contributed by atoms with Gasteiger partial charge in [-0.15, -0.1) is 11.8 Å². The van der Waals surface area contributed by atoms with Crippen molar-refractivity contribution in [1.29, 1.82) is 0 Å². The maximum atomic E-state index is 12.8. The van der Waals surface area contributed by atoms with Crippen molar-refractivity contribution in [3.8, 4) is 0 Å². The van der Waals surface area contributed by atoms with Crippen molar-refractivity contribution in [1.82, 2.24) is 20.4 Å². The summed E-state index contributed by atoms with van der Waals surface area (Å²) in [6, 6.07) is 11.3. The lowest BCUT2D eigenvalue weighted by molar-refractivity contribution is 0.0254. The summed E-state index contributed by atoms with van der Waals surface area (Å²) in [6.45, 7) is 10.5. The van der Waals surface area contributed by atoms with E-state index in [1.54, 1.807) is 0 Å². The molecule has 2 heterocycles. The third kappa shape index (κ3) is 10.2. The Hall–Kier alpha value is -1.35. The summed E-state index contributed by atoms with van der Waals surface area (Å²) in [5.74, 6) is 1.77. The van der Waals surface area contributed by atoms with Crippen LogP contribution >= 0.6 is 24.0 Å². The van der Waals surface area contributed by atoms with E-state index in [1.165, 1.54) is 44.1 Å². The zero-order valence-electron chi connectivity index (χ0n) is 24.3. The van der Waals surface area contributed by atoms with Crippen molar-refractivity contribution in [2.45, 2.75) is 108 Å². The van der Waals surface area contributed by atoms with Crippen LogP contribution in [0.4, 0.5) is 4.79 Å². The lowest BCUT2D eigenvalue weighted by Gasteiger charge is -2.35. The third-order valence-electron chi connectivity index (χ3n) is 8.24. The maximum absolute atomic E-state index is 12.8. The molecule has 39 heavy (non-hydrogen) atoms. The first-order valence-electron chi connectivity index (χ1n) is 15.2. The number of likely N-dealkylation sites (tertiary alicyclic amines) is 1. The average molecular weight is 575 g/mol. The smallest absolute Gasteiger partial charge is 0.411 e. The highest BCUT2D eigenvalue weighted by Gasteiger charge is 2.33. The number of nitrogens with zero attached hydrogens (tertiary/aromatic N) is 2. The van der Waals surface area contributed by atoms with Gasteiger partial charge >= 0.3 is 6.09 Å². The largest absolute Gasteiger partial charge is 0.444 e. The fraction of sp³-hybridized carbons (Fsp3) is 0.742. The predicted octanol–water partition coefficient (Wildman–Crippen LogP) is 6.20. The SMILES string of the molecule is CC(C)(C)OC(=O)N1CCSC1CN[C@H](CCC1CCCCC1)C(=S)NC1CCN(Cc2ccccc2)CC1. The van der Waals surface area contributed by atoms with E-state index in [0.29, 0.717) is 6.04 Å². The molecule has 4 rings (SSSR count).